The van der Waals surface area contributed by atoms with E-state index in [1.54, 1.807) is 97.9 Å². The maximum atomic E-state index is 13.4. The summed E-state index contributed by atoms with van der Waals surface area (Å²) in [5.74, 6) is -1.21. The zero-order valence-corrected chi connectivity index (χ0v) is 24.7. The van der Waals surface area contributed by atoms with Crippen LogP contribution in [0.15, 0.2) is 108 Å². The summed E-state index contributed by atoms with van der Waals surface area (Å²) >= 11 is 19.7. The first-order valence-corrected chi connectivity index (χ1v) is 14.4. The van der Waals surface area contributed by atoms with Gasteiger partial charge in [0, 0.05) is 36.9 Å². The number of amides is 3. The fraction of sp³-hybridized carbons (Fsp3) is 0.0645. The van der Waals surface area contributed by atoms with Gasteiger partial charge in [-0.25, -0.2) is 0 Å². The molecule has 0 bridgehead atoms. The van der Waals surface area contributed by atoms with E-state index in [0.29, 0.717) is 37.6 Å². The highest BCUT2D eigenvalue weighted by Gasteiger charge is 2.18. The normalized spacial score (nSPS) is 11.9. The number of rotatable bonds is 9. The summed E-state index contributed by atoms with van der Waals surface area (Å²) in [6, 6.07) is 27.4. The predicted octanol–water partition coefficient (Wildman–Crippen LogP) is 8.18. The standard InChI is InChI=1S/C31H24Cl3N3O3S/c1-19(29(38)35-24-10-5-9-22(32)16-24)41-26-12-6-11-25(18-26)36-31(40)28(15-21-13-14-23(33)17-27(21)34)37-30(39)20-7-3-2-4-8-20/h2-19H,1H3,(H,35,38)(H,36,40)(H,37,39)/b28-15+. The van der Waals surface area contributed by atoms with E-state index in [4.69, 9.17) is 34.8 Å². The average Bonchev–Trinajstić information content (AvgIpc) is 2.94. The lowest BCUT2D eigenvalue weighted by Crippen LogP contribution is -2.30. The van der Waals surface area contributed by atoms with Crippen LogP contribution in [-0.4, -0.2) is 23.0 Å². The van der Waals surface area contributed by atoms with E-state index in [1.807, 2.05) is 6.07 Å². The molecule has 0 aliphatic heterocycles. The third-order valence-corrected chi connectivity index (χ3v) is 7.55. The minimum Gasteiger partial charge on any atom is -0.325 e. The van der Waals surface area contributed by atoms with Gasteiger partial charge >= 0.3 is 0 Å². The van der Waals surface area contributed by atoms with Gasteiger partial charge in [0.1, 0.15) is 5.70 Å². The molecule has 0 spiro atoms. The van der Waals surface area contributed by atoms with Crippen LogP contribution in [0.3, 0.4) is 0 Å². The fourth-order valence-corrected chi connectivity index (χ4v) is 5.21. The lowest BCUT2D eigenvalue weighted by atomic mass is 10.1. The number of carbonyl (C=O) groups excluding carboxylic acids is 3. The second kappa shape index (κ2) is 14.2. The molecule has 1 unspecified atom stereocenters. The van der Waals surface area contributed by atoms with Crippen molar-refractivity contribution in [2.75, 3.05) is 10.6 Å². The first kappa shape index (κ1) is 30.2. The highest BCUT2D eigenvalue weighted by Crippen LogP contribution is 2.28. The number of nitrogens with one attached hydrogen (secondary N) is 3. The van der Waals surface area contributed by atoms with Crippen molar-refractivity contribution in [3.05, 3.63) is 129 Å². The Bertz CT molecular complexity index is 1610. The number of halogens is 3. The number of hydrogen-bond acceptors (Lipinski definition) is 4. The molecule has 208 valence electrons. The number of thioether (sulfide) groups is 1. The molecule has 10 heteroatoms. The Morgan fingerprint density at radius 3 is 2.15 bits per heavy atom. The van der Waals surface area contributed by atoms with Crippen molar-refractivity contribution in [1.82, 2.24) is 5.32 Å². The molecule has 0 saturated heterocycles. The van der Waals surface area contributed by atoms with Crippen molar-refractivity contribution < 1.29 is 14.4 Å². The van der Waals surface area contributed by atoms with Crippen molar-refractivity contribution in [2.45, 2.75) is 17.1 Å². The summed E-state index contributed by atoms with van der Waals surface area (Å²) in [5.41, 5.74) is 1.95. The lowest BCUT2D eigenvalue weighted by molar-refractivity contribution is -0.115. The molecule has 0 fully saturated rings. The molecule has 0 aliphatic rings. The molecule has 41 heavy (non-hydrogen) atoms. The Kier molecular flexibility index (Phi) is 10.5. The van der Waals surface area contributed by atoms with E-state index in [0.717, 1.165) is 4.90 Å². The predicted molar refractivity (Wildman–Crippen MR) is 169 cm³/mol. The molecule has 6 nitrogen and oxygen atoms in total. The molecule has 3 N–H and O–H groups in total. The van der Waals surface area contributed by atoms with Gasteiger partial charge in [-0.1, -0.05) is 71.2 Å². The summed E-state index contributed by atoms with van der Waals surface area (Å²) in [5, 5.41) is 9.20. The molecule has 4 aromatic carbocycles. The number of benzene rings is 4. The van der Waals surface area contributed by atoms with E-state index in [-0.39, 0.29) is 11.6 Å². The van der Waals surface area contributed by atoms with E-state index in [2.05, 4.69) is 16.0 Å². The Morgan fingerprint density at radius 1 is 0.756 bits per heavy atom. The van der Waals surface area contributed by atoms with E-state index in [9.17, 15) is 14.4 Å². The second-order valence-electron chi connectivity index (χ2n) is 8.79. The fourth-order valence-electron chi connectivity index (χ4n) is 3.63. The first-order valence-electron chi connectivity index (χ1n) is 12.4. The van der Waals surface area contributed by atoms with Gasteiger partial charge in [0.25, 0.3) is 11.8 Å². The van der Waals surface area contributed by atoms with Crippen molar-refractivity contribution in [3.8, 4) is 0 Å². The molecule has 0 saturated carbocycles. The zero-order chi connectivity index (χ0) is 29.4. The third-order valence-electron chi connectivity index (χ3n) is 5.66. The minimum atomic E-state index is -0.561. The third kappa shape index (κ3) is 8.87. The number of hydrogen-bond donors (Lipinski definition) is 3. The van der Waals surface area contributed by atoms with Crippen LogP contribution in [-0.2, 0) is 9.59 Å². The molecule has 0 aromatic heterocycles. The maximum absolute atomic E-state index is 13.4. The van der Waals surface area contributed by atoms with Crippen LogP contribution in [0.4, 0.5) is 11.4 Å². The molecule has 3 amide bonds. The lowest BCUT2D eigenvalue weighted by Gasteiger charge is -2.14. The van der Waals surface area contributed by atoms with Crippen LogP contribution in [0.1, 0.15) is 22.8 Å². The van der Waals surface area contributed by atoms with Crippen LogP contribution in [0, 0.1) is 0 Å². The summed E-state index contributed by atoms with van der Waals surface area (Å²) in [6.45, 7) is 1.78. The van der Waals surface area contributed by atoms with Gasteiger partial charge < -0.3 is 16.0 Å². The Labute approximate surface area is 257 Å². The molecular formula is C31H24Cl3N3O3S. The zero-order valence-electron chi connectivity index (χ0n) is 21.7. The van der Waals surface area contributed by atoms with Gasteiger partial charge in [0.05, 0.1) is 5.25 Å². The Morgan fingerprint density at radius 2 is 1.44 bits per heavy atom. The average molecular weight is 625 g/mol. The summed E-state index contributed by atoms with van der Waals surface area (Å²) in [4.78, 5) is 39.8. The van der Waals surface area contributed by atoms with Crippen molar-refractivity contribution in [1.29, 1.82) is 0 Å². The first-order chi connectivity index (χ1) is 19.7. The van der Waals surface area contributed by atoms with Gasteiger partial charge in [-0.2, -0.15) is 0 Å². The highest BCUT2D eigenvalue weighted by molar-refractivity contribution is 8.00. The van der Waals surface area contributed by atoms with Crippen molar-refractivity contribution in [3.63, 3.8) is 0 Å². The van der Waals surface area contributed by atoms with Crippen LogP contribution >= 0.6 is 46.6 Å². The van der Waals surface area contributed by atoms with Crippen LogP contribution in [0.5, 0.6) is 0 Å². The Balaban J connectivity index is 1.50. The van der Waals surface area contributed by atoms with Crippen LogP contribution < -0.4 is 16.0 Å². The van der Waals surface area contributed by atoms with E-state index < -0.39 is 17.1 Å². The van der Waals surface area contributed by atoms with Crippen LogP contribution in [0.25, 0.3) is 6.08 Å². The maximum Gasteiger partial charge on any atom is 0.272 e. The van der Waals surface area contributed by atoms with Crippen molar-refractivity contribution in [2.24, 2.45) is 0 Å². The van der Waals surface area contributed by atoms with Gasteiger partial charge in [0.15, 0.2) is 0 Å². The summed E-state index contributed by atoms with van der Waals surface area (Å²) < 4.78 is 0. The Hall–Kier alpha value is -3.75. The smallest absolute Gasteiger partial charge is 0.272 e. The van der Waals surface area contributed by atoms with Gasteiger partial charge in [-0.05, 0) is 79.2 Å². The molecule has 0 radical (unpaired) electrons. The molecule has 1 atom stereocenters. The minimum absolute atomic E-state index is 0.0181. The SMILES string of the molecule is CC(Sc1cccc(NC(=O)/C(=C\c2ccc(Cl)cc2Cl)NC(=O)c2ccccc2)c1)C(=O)Nc1cccc(Cl)c1. The van der Waals surface area contributed by atoms with Gasteiger partial charge in [-0.15, -0.1) is 11.8 Å². The summed E-state index contributed by atoms with van der Waals surface area (Å²) in [6.07, 6.45) is 1.48. The van der Waals surface area contributed by atoms with Crippen molar-refractivity contribution >= 4 is 81.7 Å². The topological polar surface area (TPSA) is 87.3 Å². The van der Waals surface area contributed by atoms with E-state index >= 15 is 0 Å². The molecule has 4 aromatic rings. The molecule has 0 heterocycles. The largest absolute Gasteiger partial charge is 0.325 e. The number of anilines is 2. The highest BCUT2D eigenvalue weighted by atomic mass is 35.5. The molecular weight excluding hydrogens is 601 g/mol. The molecule has 0 aliphatic carbocycles. The van der Waals surface area contributed by atoms with E-state index in [1.165, 1.54) is 17.8 Å². The second-order valence-corrected chi connectivity index (χ2v) is 11.5. The van der Waals surface area contributed by atoms with Gasteiger partial charge in [0.2, 0.25) is 5.91 Å². The van der Waals surface area contributed by atoms with Gasteiger partial charge in [-0.3, -0.25) is 14.4 Å². The molecule has 4 rings (SSSR count). The number of carbonyl (C=O) groups is 3. The summed E-state index contributed by atoms with van der Waals surface area (Å²) in [7, 11) is 0. The van der Waals surface area contributed by atoms with Crippen LogP contribution in [0.2, 0.25) is 15.1 Å². The quantitative estimate of drug-likeness (QED) is 0.129. The monoisotopic (exact) mass is 623 g/mol.